The number of nitrogens with zero attached hydrogens (tertiary/aromatic N) is 1. The predicted molar refractivity (Wildman–Crippen MR) is 71.8 cm³/mol. The molecule has 0 aliphatic heterocycles. The van der Waals surface area contributed by atoms with Crippen molar-refractivity contribution in [1.82, 2.24) is 4.90 Å². The lowest BCUT2D eigenvalue weighted by atomic mass is 10.0. The topological polar surface area (TPSA) is 66.8 Å². The zero-order valence-corrected chi connectivity index (χ0v) is 12.1. The summed E-state index contributed by atoms with van der Waals surface area (Å²) in [6.45, 7) is 5.00. The lowest BCUT2D eigenvalue weighted by molar-refractivity contribution is -0.139. The van der Waals surface area contributed by atoms with Crippen LogP contribution in [-0.4, -0.2) is 48.2 Å². The molecule has 1 rings (SSSR count). The average molecular weight is 271 g/mol. The largest absolute Gasteiger partial charge is 0.481 e. The summed E-state index contributed by atoms with van der Waals surface area (Å²) in [5.74, 6) is -0.318. The van der Waals surface area contributed by atoms with E-state index in [1.165, 1.54) is 12.8 Å². The molecule has 0 radical (unpaired) electrons. The smallest absolute Gasteiger partial charge is 0.303 e. The van der Waals surface area contributed by atoms with Crippen LogP contribution >= 0.6 is 0 Å². The third kappa shape index (κ3) is 5.59. The third-order valence-corrected chi connectivity index (χ3v) is 3.70. The summed E-state index contributed by atoms with van der Waals surface area (Å²) in [5, 5.41) is 8.74. The van der Waals surface area contributed by atoms with Crippen LogP contribution in [0, 0.1) is 11.8 Å². The van der Waals surface area contributed by atoms with Gasteiger partial charge in [0.2, 0.25) is 5.91 Å². The molecule has 5 heteroatoms. The summed E-state index contributed by atoms with van der Waals surface area (Å²) in [6.07, 6.45) is 2.71. The maximum absolute atomic E-state index is 12.3. The molecular weight excluding hydrogens is 246 g/mol. The summed E-state index contributed by atoms with van der Waals surface area (Å²) in [5.41, 5.74) is 0. The number of ether oxygens (including phenoxy) is 1. The molecule has 0 saturated heterocycles. The van der Waals surface area contributed by atoms with Gasteiger partial charge in [-0.3, -0.25) is 9.59 Å². The van der Waals surface area contributed by atoms with Gasteiger partial charge in [-0.15, -0.1) is 0 Å². The summed E-state index contributed by atoms with van der Waals surface area (Å²) >= 11 is 0. The van der Waals surface area contributed by atoms with E-state index in [0.717, 1.165) is 0 Å². The molecule has 1 aliphatic carbocycles. The van der Waals surface area contributed by atoms with Crippen molar-refractivity contribution in [2.45, 2.75) is 45.6 Å². The van der Waals surface area contributed by atoms with Crippen LogP contribution in [0.15, 0.2) is 0 Å². The number of amides is 1. The van der Waals surface area contributed by atoms with Gasteiger partial charge in [-0.05, 0) is 31.6 Å². The quantitative estimate of drug-likeness (QED) is 0.694. The van der Waals surface area contributed by atoms with Crippen molar-refractivity contribution in [3.8, 4) is 0 Å². The number of carbonyl (C=O) groups excluding carboxylic acids is 1. The second-order valence-corrected chi connectivity index (χ2v) is 5.57. The van der Waals surface area contributed by atoms with Crippen LogP contribution < -0.4 is 0 Å². The Morgan fingerprint density at radius 1 is 1.32 bits per heavy atom. The SMILES string of the molecule is COCCN(C(=O)CC(C)CC(=O)O)C(C)C1CC1. The van der Waals surface area contributed by atoms with Gasteiger partial charge in [0.15, 0.2) is 0 Å². The Morgan fingerprint density at radius 2 is 1.95 bits per heavy atom. The number of methoxy groups -OCH3 is 1. The third-order valence-electron chi connectivity index (χ3n) is 3.70. The first-order valence-corrected chi connectivity index (χ1v) is 6.95. The monoisotopic (exact) mass is 271 g/mol. The Kier molecular flexibility index (Phi) is 6.28. The average Bonchev–Trinajstić information content (AvgIpc) is 3.11. The first kappa shape index (κ1) is 16.0. The molecule has 0 spiro atoms. The van der Waals surface area contributed by atoms with Gasteiger partial charge in [0, 0.05) is 32.5 Å². The molecule has 1 aliphatic rings. The normalized spacial score (nSPS) is 17.8. The van der Waals surface area contributed by atoms with Gasteiger partial charge in [0.1, 0.15) is 0 Å². The van der Waals surface area contributed by atoms with Crippen LogP contribution in [0.25, 0.3) is 0 Å². The van der Waals surface area contributed by atoms with Gasteiger partial charge < -0.3 is 14.7 Å². The molecule has 2 unspecified atom stereocenters. The standard InChI is InChI=1S/C14H25NO4/c1-10(9-14(17)18)8-13(16)15(6-7-19-3)11(2)12-4-5-12/h10-12H,4-9H2,1-3H3,(H,17,18). The fraction of sp³-hybridized carbons (Fsp3) is 0.857. The van der Waals surface area contributed by atoms with E-state index in [1.54, 1.807) is 7.11 Å². The predicted octanol–water partition coefficient (Wildman–Crippen LogP) is 1.76. The van der Waals surface area contributed by atoms with E-state index in [2.05, 4.69) is 6.92 Å². The molecule has 0 heterocycles. The molecule has 1 amide bonds. The van der Waals surface area contributed by atoms with Crippen molar-refractivity contribution >= 4 is 11.9 Å². The van der Waals surface area contributed by atoms with E-state index in [1.807, 2.05) is 11.8 Å². The Hall–Kier alpha value is -1.10. The molecule has 1 fully saturated rings. The number of carboxylic acid groups (broad SMARTS) is 1. The summed E-state index contributed by atoms with van der Waals surface area (Å²) < 4.78 is 5.05. The van der Waals surface area contributed by atoms with Crippen LogP contribution in [0.5, 0.6) is 0 Å². The van der Waals surface area contributed by atoms with Gasteiger partial charge in [-0.1, -0.05) is 6.92 Å². The number of hydrogen-bond acceptors (Lipinski definition) is 3. The van der Waals surface area contributed by atoms with Crippen molar-refractivity contribution in [2.75, 3.05) is 20.3 Å². The van der Waals surface area contributed by atoms with Crippen molar-refractivity contribution < 1.29 is 19.4 Å². The van der Waals surface area contributed by atoms with Crippen molar-refractivity contribution in [3.63, 3.8) is 0 Å². The van der Waals surface area contributed by atoms with E-state index < -0.39 is 5.97 Å². The molecule has 2 atom stereocenters. The van der Waals surface area contributed by atoms with E-state index in [4.69, 9.17) is 9.84 Å². The maximum Gasteiger partial charge on any atom is 0.303 e. The highest BCUT2D eigenvalue weighted by Crippen LogP contribution is 2.35. The van der Waals surface area contributed by atoms with E-state index >= 15 is 0 Å². The van der Waals surface area contributed by atoms with Crippen LogP contribution in [0.3, 0.4) is 0 Å². The highest BCUT2D eigenvalue weighted by atomic mass is 16.5. The molecule has 0 aromatic carbocycles. The van der Waals surface area contributed by atoms with Crippen molar-refractivity contribution in [3.05, 3.63) is 0 Å². The molecule has 19 heavy (non-hydrogen) atoms. The van der Waals surface area contributed by atoms with E-state index in [0.29, 0.717) is 25.5 Å². The summed E-state index contributed by atoms with van der Waals surface area (Å²) in [4.78, 5) is 24.8. The van der Waals surface area contributed by atoms with Gasteiger partial charge in [0.25, 0.3) is 0 Å². The zero-order valence-electron chi connectivity index (χ0n) is 12.1. The minimum absolute atomic E-state index is 0.0433. The van der Waals surface area contributed by atoms with Crippen LogP contribution in [0.1, 0.15) is 39.5 Å². The van der Waals surface area contributed by atoms with E-state index in [-0.39, 0.29) is 24.3 Å². The first-order valence-electron chi connectivity index (χ1n) is 6.95. The van der Waals surface area contributed by atoms with Gasteiger partial charge in [0.05, 0.1) is 6.61 Å². The Bertz CT molecular complexity index is 315. The second kappa shape index (κ2) is 7.48. The van der Waals surface area contributed by atoms with Gasteiger partial charge in [-0.25, -0.2) is 0 Å². The first-order chi connectivity index (χ1) is 8.95. The lowest BCUT2D eigenvalue weighted by Gasteiger charge is -2.30. The molecule has 1 N–H and O–H groups in total. The van der Waals surface area contributed by atoms with Gasteiger partial charge in [-0.2, -0.15) is 0 Å². The van der Waals surface area contributed by atoms with Crippen molar-refractivity contribution in [2.24, 2.45) is 11.8 Å². The fourth-order valence-corrected chi connectivity index (χ4v) is 2.36. The number of aliphatic carboxylic acids is 1. The second-order valence-electron chi connectivity index (χ2n) is 5.57. The Labute approximate surface area is 114 Å². The Morgan fingerprint density at radius 3 is 2.42 bits per heavy atom. The van der Waals surface area contributed by atoms with Crippen LogP contribution in [0.2, 0.25) is 0 Å². The molecule has 0 aromatic heterocycles. The molecule has 1 saturated carbocycles. The minimum Gasteiger partial charge on any atom is -0.481 e. The molecule has 0 aromatic rings. The molecule has 5 nitrogen and oxygen atoms in total. The number of hydrogen-bond donors (Lipinski definition) is 1. The highest BCUT2D eigenvalue weighted by molar-refractivity contribution is 5.77. The Balaban J connectivity index is 2.52. The number of carboxylic acids is 1. The van der Waals surface area contributed by atoms with Crippen LogP contribution in [0.4, 0.5) is 0 Å². The van der Waals surface area contributed by atoms with Gasteiger partial charge >= 0.3 is 5.97 Å². The fourth-order valence-electron chi connectivity index (χ4n) is 2.36. The van der Waals surface area contributed by atoms with E-state index in [9.17, 15) is 9.59 Å². The van der Waals surface area contributed by atoms with Crippen LogP contribution in [-0.2, 0) is 14.3 Å². The highest BCUT2D eigenvalue weighted by Gasteiger charge is 2.34. The molecule has 110 valence electrons. The minimum atomic E-state index is -0.848. The molecular formula is C14H25NO4. The maximum atomic E-state index is 12.3. The number of rotatable bonds is 9. The van der Waals surface area contributed by atoms with Crippen molar-refractivity contribution in [1.29, 1.82) is 0 Å². The lowest BCUT2D eigenvalue weighted by Crippen LogP contribution is -2.42. The molecule has 0 bridgehead atoms. The number of carbonyl (C=O) groups is 2. The summed E-state index contributed by atoms with van der Waals surface area (Å²) in [7, 11) is 1.62. The zero-order chi connectivity index (χ0) is 14.4. The summed E-state index contributed by atoms with van der Waals surface area (Å²) in [6, 6.07) is 0.236.